The minimum Gasteiger partial charge on any atom is -0.323 e. The SMILES string of the molecule is NN=C(Cc1ccc(F)cc1)c1ccc(F)cc1. The molecule has 0 aliphatic heterocycles. The average molecular weight is 246 g/mol. The third-order valence-corrected chi connectivity index (χ3v) is 2.62. The first kappa shape index (κ1) is 12.2. The topological polar surface area (TPSA) is 38.4 Å². The van der Waals surface area contributed by atoms with Crippen LogP contribution in [-0.4, -0.2) is 5.71 Å². The Bertz CT molecular complexity index is 545. The molecule has 0 spiro atoms. The summed E-state index contributed by atoms with van der Waals surface area (Å²) in [5.74, 6) is 4.75. The quantitative estimate of drug-likeness (QED) is 0.505. The van der Waals surface area contributed by atoms with Gasteiger partial charge in [0, 0.05) is 6.42 Å². The molecule has 0 amide bonds. The molecular formula is C14H12F2N2. The van der Waals surface area contributed by atoms with Gasteiger partial charge in [-0.15, -0.1) is 0 Å². The molecule has 0 saturated carbocycles. The lowest BCUT2D eigenvalue weighted by Crippen LogP contribution is -2.08. The Morgan fingerprint density at radius 2 is 1.39 bits per heavy atom. The molecule has 0 atom stereocenters. The van der Waals surface area contributed by atoms with Crippen molar-refractivity contribution in [1.82, 2.24) is 0 Å². The van der Waals surface area contributed by atoms with Crippen molar-refractivity contribution in [1.29, 1.82) is 0 Å². The first-order valence-corrected chi connectivity index (χ1v) is 5.46. The second-order valence-corrected chi connectivity index (χ2v) is 3.89. The largest absolute Gasteiger partial charge is 0.323 e. The van der Waals surface area contributed by atoms with E-state index in [9.17, 15) is 8.78 Å². The molecule has 0 fully saturated rings. The van der Waals surface area contributed by atoms with E-state index in [1.54, 1.807) is 24.3 Å². The maximum atomic E-state index is 12.8. The third-order valence-electron chi connectivity index (χ3n) is 2.62. The molecule has 0 saturated heterocycles. The predicted octanol–water partition coefficient (Wildman–Crippen LogP) is 2.87. The van der Waals surface area contributed by atoms with Crippen LogP contribution in [0.15, 0.2) is 53.6 Å². The van der Waals surface area contributed by atoms with E-state index in [0.717, 1.165) is 11.1 Å². The van der Waals surface area contributed by atoms with Gasteiger partial charge in [-0.05, 0) is 35.4 Å². The molecule has 2 aromatic rings. The zero-order valence-corrected chi connectivity index (χ0v) is 9.61. The summed E-state index contributed by atoms with van der Waals surface area (Å²) in [7, 11) is 0. The number of hydrazone groups is 1. The Hall–Kier alpha value is -2.23. The highest BCUT2D eigenvalue weighted by Gasteiger charge is 2.05. The molecule has 4 heteroatoms. The number of nitrogens with zero attached hydrogens (tertiary/aromatic N) is 1. The van der Waals surface area contributed by atoms with Gasteiger partial charge in [-0.3, -0.25) is 0 Å². The minimum absolute atomic E-state index is 0.285. The fraction of sp³-hybridized carbons (Fsp3) is 0.0714. The van der Waals surface area contributed by atoms with E-state index in [1.165, 1.54) is 24.3 Å². The summed E-state index contributed by atoms with van der Waals surface area (Å²) in [5.41, 5.74) is 2.27. The molecule has 0 aromatic heterocycles. The number of halogens is 2. The summed E-state index contributed by atoms with van der Waals surface area (Å²) in [4.78, 5) is 0. The lowest BCUT2D eigenvalue weighted by atomic mass is 10.0. The molecule has 0 radical (unpaired) electrons. The van der Waals surface area contributed by atoms with Crippen LogP contribution in [0.2, 0.25) is 0 Å². The summed E-state index contributed by atoms with van der Waals surface area (Å²) in [6.45, 7) is 0. The predicted molar refractivity (Wildman–Crippen MR) is 67.2 cm³/mol. The second kappa shape index (κ2) is 5.40. The third kappa shape index (κ3) is 2.91. The van der Waals surface area contributed by atoms with Crippen molar-refractivity contribution in [2.45, 2.75) is 6.42 Å². The smallest absolute Gasteiger partial charge is 0.123 e. The second-order valence-electron chi connectivity index (χ2n) is 3.89. The van der Waals surface area contributed by atoms with Crippen LogP contribution in [0, 0.1) is 11.6 Å². The number of nitrogens with two attached hydrogens (primary N) is 1. The summed E-state index contributed by atoms with van der Waals surface area (Å²) < 4.78 is 25.6. The minimum atomic E-state index is -0.308. The Kier molecular flexibility index (Phi) is 3.67. The highest BCUT2D eigenvalue weighted by Crippen LogP contribution is 2.10. The maximum Gasteiger partial charge on any atom is 0.123 e. The van der Waals surface area contributed by atoms with Crippen LogP contribution in [0.4, 0.5) is 8.78 Å². The lowest BCUT2D eigenvalue weighted by Gasteiger charge is -2.05. The van der Waals surface area contributed by atoms with Gasteiger partial charge >= 0.3 is 0 Å². The van der Waals surface area contributed by atoms with E-state index in [0.29, 0.717) is 12.1 Å². The van der Waals surface area contributed by atoms with Crippen molar-refractivity contribution in [3.8, 4) is 0 Å². The monoisotopic (exact) mass is 246 g/mol. The standard InChI is InChI=1S/C14H12F2N2/c15-12-5-1-10(2-6-12)9-14(18-17)11-3-7-13(16)8-4-11/h1-8H,9,17H2. The number of rotatable bonds is 3. The van der Waals surface area contributed by atoms with Gasteiger partial charge in [0.2, 0.25) is 0 Å². The molecule has 0 bridgehead atoms. The first-order chi connectivity index (χ1) is 8.69. The van der Waals surface area contributed by atoms with Crippen LogP contribution in [0.1, 0.15) is 11.1 Å². The van der Waals surface area contributed by atoms with Crippen molar-refractivity contribution >= 4 is 5.71 Å². The molecule has 2 nitrogen and oxygen atoms in total. The highest BCUT2D eigenvalue weighted by molar-refractivity contribution is 6.01. The van der Waals surface area contributed by atoms with Crippen molar-refractivity contribution in [2.75, 3.05) is 0 Å². The van der Waals surface area contributed by atoms with Gasteiger partial charge < -0.3 is 5.84 Å². The van der Waals surface area contributed by atoms with Crippen LogP contribution in [0.3, 0.4) is 0 Å². The Labute approximate surface area is 104 Å². The zero-order valence-electron chi connectivity index (χ0n) is 9.61. The van der Waals surface area contributed by atoms with E-state index in [2.05, 4.69) is 5.10 Å². The lowest BCUT2D eigenvalue weighted by molar-refractivity contribution is 0.627. The average Bonchev–Trinajstić information content (AvgIpc) is 2.39. The van der Waals surface area contributed by atoms with E-state index in [1.807, 2.05) is 0 Å². The van der Waals surface area contributed by atoms with Crippen LogP contribution in [0.25, 0.3) is 0 Å². The molecule has 2 rings (SSSR count). The van der Waals surface area contributed by atoms with E-state index in [-0.39, 0.29) is 11.6 Å². The molecular weight excluding hydrogens is 234 g/mol. The van der Waals surface area contributed by atoms with E-state index in [4.69, 9.17) is 5.84 Å². The highest BCUT2D eigenvalue weighted by atomic mass is 19.1. The van der Waals surface area contributed by atoms with Crippen LogP contribution in [0.5, 0.6) is 0 Å². The molecule has 2 aromatic carbocycles. The first-order valence-electron chi connectivity index (χ1n) is 5.46. The fourth-order valence-electron chi connectivity index (χ4n) is 1.66. The molecule has 0 aliphatic rings. The zero-order chi connectivity index (χ0) is 13.0. The van der Waals surface area contributed by atoms with Crippen molar-refractivity contribution in [3.63, 3.8) is 0 Å². The summed E-state index contributed by atoms with van der Waals surface area (Å²) in [6.07, 6.45) is 0.475. The molecule has 18 heavy (non-hydrogen) atoms. The van der Waals surface area contributed by atoms with Gasteiger partial charge in [0.1, 0.15) is 11.6 Å². The van der Waals surface area contributed by atoms with Crippen molar-refractivity contribution in [2.24, 2.45) is 10.9 Å². The van der Waals surface area contributed by atoms with E-state index < -0.39 is 0 Å². The molecule has 0 unspecified atom stereocenters. The normalized spacial score (nSPS) is 11.6. The van der Waals surface area contributed by atoms with Crippen LogP contribution >= 0.6 is 0 Å². The summed E-state index contributed by atoms with van der Waals surface area (Å²) >= 11 is 0. The Morgan fingerprint density at radius 1 is 0.889 bits per heavy atom. The fourth-order valence-corrected chi connectivity index (χ4v) is 1.66. The van der Waals surface area contributed by atoms with E-state index >= 15 is 0 Å². The van der Waals surface area contributed by atoms with Crippen molar-refractivity contribution in [3.05, 3.63) is 71.3 Å². The van der Waals surface area contributed by atoms with Crippen LogP contribution in [-0.2, 0) is 6.42 Å². The molecule has 2 N–H and O–H groups in total. The number of hydrogen-bond acceptors (Lipinski definition) is 2. The van der Waals surface area contributed by atoms with Gasteiger partial charge in [-0.25, -0.2) is 8.78 Å². The molecule has 92 valence electrons. The Morgan fingerprint density at radius 3 is 1.89 bits per heavy atom. The van der Waals surface area contributed by atoms with Gasteiger partial charge in [0.15, 0.2) is 0 Å². The summed E-state index contributed by atoms with van der Waals surface area (Å²) in [5, 5.41) is 3.71. The number of hydrogen-bond donors (Lipinski definition) is 1. The van der Waals surface area contributed by atoms with Gasteiger partial charge in [0.05, 0.1) is 5.71 Å². The molecule has 0 aliphatic carbocycles. The van der Waals surface area contributed by atoms with Crippen LogP contribution < -0.4 is 5.84 Å². The number of benzene rings is 2. The summed E-state index contributed by atoms with van der Waals surface area (Å²) in [6, 6.07) is 12.0. The maximum absolute atomic E-state index is 12.8. The van der Waals surface area contributed by atoms with Gasteiger partial charge in [-0.2, -0.15) is 5.10 Å². The molecule has 0 heterocycles. The van der Waals surface area contributed by atoms with Crippen molar-refractivity contribution < 1.29 is 8.78 Å². The van der Waals surface area contributed by atoms with Gasteiger partial charge in [-0.1, -0.05) is 24.3 Å². The van der Waals surface area contributed by atoms with Gasteiger partial charge in [0.25, 0.3) is 0 Å². The Balaban J connectivity index is 2.20.